The zero-order chi connectivity index (χ0) is 17.6. The molecule has 0 aromatic carbocycles. The Labute approximate surface area is 147 Å². The lowest BCUT2D eigenvalue weighted by Gasteiger charge is -2.01. The van der Waals surface area contributed by atoms with Crippen molar-refractivity contribution < 1.29 is 14.6 Å². The Kier molecular flexibility index (Phi) is 11.3. The predicted octanol–water partition coefficient (Wildman–Crippen LogP) is 4.64. The lowest BCUT2D eigenvalue weighted by atomic mass is 10.1. The second-order valence-corrected chi connectivity index (χ2v) is 6.81. The summed E-state index contributed by atoms with van der Waals surface area (Å²) in [7, 11) is 1.43. The van der Waals surface area contributed by atoms with E-state index in [1.54, 1.807) is 0 Å². The highest BCUT2D eigenvalue weighted by Gasteiger charge is 2.34. The monoisotopic (exact) mass is 334 g/mol. The molecule has 0 aromatic heterocycles. The van der Waals surface area contributed by atoms with Crippen LogP contribution in [0.3, 0.4) is 0 Å². The van der Waals surface area contributed by atoms with Gasteiger partial charge in [-0.05, 0) is 56.8 Å². The number of esters is 1. The number of rotatable bonds is 12. The van der Waals surface area contributed by atoms with Gasteiger partial charge in [0.25, 0.3) is 0 Å². The van der Waals surface area contributed by atoms with Crippen molar-refractivity contribution >= 4 is 5.97 Å². The summed E-state index contributed by atoms with van der Waals surface area (Å²) in [5.74, 6) is 7.60. The average molecular weight is 335 g/mol. The van der Waals surface area contributed by atoms with E-state index in [-0.39, 0.29) is 5.97 Å². The molecule has 1 fully saturated rings. The summed E-state index contributed by atoms with van der Waals surface area (Å²) >= 11 is 0. The van der Waals surface area contributed by atoms with Gasteiger partial charge < -0.3 is 9.84 Å². The molecule has 3 atom stereocenters. The molecule has 24 heavy (non-hydrogen) atoms. The van der Waals surface area contributed by atoms with Gasteiger partial charge in [-0.3, -0.25) is 4.79 Å². The third kappa shape index (κ3) is 10.5. The van der Waals surface area contributed by atoms with Gasteiger partial charge in [0.2, 0.25) is 0 Å². The van der Waals surface area contributed by atoms with Crippen molar-refractivity contribution in [2.75, 3.05) is 7.11 Å². The van der Waals surface area contributed by atoms with E-state index >= 15 is 0 Å². The first kappa shape index (κ1) is 20.8. The fraction of sp³-hybridized carbons (Fsp3) is 0.762. The summed E-state index contributed by atoms with van der Waals surface area (Å²) < 4.78 is 4.61. The molecule has 0 bridgehead atoms. The number of carbonyl (C=O) groups is 1. The molecule has 1 saturated carbocycles. The minimum absolute atomic E-state index is 0.124. The normalized spacial score (nSPS) is 20.5. The first-order chi connectivity index (χ1) is 11.7. The maximum atomic E-state index is 11.0. The number of aliphatic hydroxyl groups excluding tert-OH is 1. The highest BCUT2D eigenvalue weighted by Crippen LogP contribution is 2.44. The van der Waals surface area contributed by atoms with Crippen LogP contribution >= 0.6 is 0 Å². The van der Waals surface area contributed by atoms with Crippen LogP contribution in [0.5, 0.6) is 0 Å². The van der Waals surface area contributed by atoms with Gasteiger partial charge in [0.1, 0.15) is 6.10 Å². The van der Waals surface area contributed by atoms with E-state index in [4.69, 9.17) is 0 Å². The Morgan fingerprint density at radius 3 is 2.79 bits per heavy atom. The van der Waals surface area contributed by atoms with E-state index in [9.17, 15) is 9.90 Å². The minimum Gasteiger partial charge on any atom is -0.469 e. The quantitative estimate of drug-likeness (QED) is 0.245. The van der Waals surface area contributed by atoms with Crippen LogP contribution in [-0.4, -0.2) is 24.3 Å². The zero-order valence-corrected chi connectivity index (χ0v) is 15.4. The van der Waals surface area contributed by atoms with Gasteiger partial charge in [-0.25, -0.2) is 0 Å². The van der Waals surface area contributed by atoms with Crippen molar-refractivity contribution in [3.63, 3.8) is 0 Å². The molecule has 0 saturated heterocycles. The van der Waals surface area contributed by atoms with Crippen LogP contribution in [0.15, 0.2) is 12.2 Å². The summed E-state index contributed by atoms with van der Waals surface area (Å²) in [5, 5.41) is 9.76. The second kappa shape index (κ2) is 13.1. The number of aliphatic hydroxyl groups is 1. The first-order valence-corrected chi connectivity index (χ1v) is 9.55. The Morgan fingerprint density at radius 2 is 2.04 bits per heavy atom. The van der Waals surface area contributed by atoms with Gasteiger partial charge >= 0.3 is 5.97 Å². The molecule has 0 spiro atoms. The third-order valence-electron chi connectivity index (χ3n) is 4.63. The lowest BCUT2D eigenvalue weighted by Crippen LogP contribution is -2.02. The number of allylic oxidation sites excluding steroid dienone is 2. The van der Waals surface area contributed by atoms with Gasteiger partial charge in [0, 0.05) is 12.8 Å². The van der Waals surface area contributed by atoms with E-state index in [0.29, 0.717) is 6.42 Å². The van der Waals surface area contributed by atoms with E-state index in [1.807, 2.05) is 0 Å². The van der Waals surface area contributed by atoms with E-state index < -0.39 is 6.10 Å². The number of unbranched alkanes of at least 4 members (excludes halogenated alkanes) is 3. The molecule has 0 aromatic rings. The molecule has 1 rings (SSSR count). The van der Waals surface area contributed by atoms with E-state index in [0.717, 1.165) is 50.4 Å². The van der Waals surface area contributed by atoms with Crippen LogP contribution in [0.4, 0.5) is 0 Å². The van der Waals surface area contributed by atoms with Crippen LogP contribution in [0, 0.1) is 23.7 Å². The van der Waals surface area contributed by atoms with Gasteiger partial charge in [-0.2, -0.15) is 0 Å². The molecule has 0 aliphatic heterocycles. The van der Waals surface area contributed by atoms with Crippen molar-refractivity contribution in [3.8, 4) is 11.8 Å². The van der Waals surface area contributed by atoms with Crippen molar-refractivity contribution in [2.45, 2.75) is 83.7 Å². The van der Waals surface area contributed by atoms with Gasteiger partial charge in [-0.15, -0.1) is 5.92 Å². The van der Waals surface area contributed by atoms with Crippen LogP contribution in [-0.2, 0) is 9.53 Å². The maximum absolute atomic E-state index is 11.0. The number of carbonyl (C=O) groups excluding carboxylic acids is 1. The van der Waals surface area contributed by atoms with Gasteiger partial charge in [0.15, 0.2) is 0 Å². The summed E-state index contributed by atoms with van der Waals surface area (Å²) in [5.41, 5.74) is 0. The standard InChI is InChI=1S/C21H34O3/c1-3-4-8-14-20(22)15-11-13-19-17-18(19)12-9-6-5-7-10-16-21(23)24-2/h5-6,18-20,22H,3-4,7-10,12-14,16-17H2,1-2H3/b6-5-/t18-,19+,20-/m1/s1. The van der Waals surface area contributed by atoms with Crippen molar-refractivity contribution in [2.24, 2.45) is 11.8 Å². The maximum Gasteiger partial charge on any atom is 0.305 e. The lowest BCUT2D eigenvalue weighted by molar-refractivity contribution is -0.140. The largest absolute Gasteiger partial charge is 0.469 e. The molecule has 0 unspecified atom stereocenters. The molecule has 3 nitrogen and oxygen atoms in total. The Bertz CT molecular complexity index is 430. The first-order valence-electron chi connectivity index (χ1n) is 9.55. The van der Waals surface area contributed by atoms with E-state index in [1.165, 1.54) is 32.8 Å². The second-order valence-electron chi connectivity index (χ2n) is 6.81. The summed E-state index contributed by atoms with van der Waals surface area (Å²) in [6.07, 6.45) is 15.1. The molecule has 1 N–H and O–H groups in total. The number of hydrogen-bond acceptors (Lipinski definition) is 3. The third-order valence-corrected chi connectivity index (χ3v) is 4.63. The minimum atomic E-state index is -0.429. The smallest absolute Gasteiger partial charge is 0.305 e. The number of ether oxygens (including phenoxy) is 1. The molecular formula is C21H34O3. The van der Waals surface area contributed by atoms with E-state index in [2.05, 4.69) is 35.7 Å². The van der Waals surface area contributed by atoms with Gasteiger partial charge in [0.05, 0.1) is 7.11 Å². The number of hydrogen-bond donors (Lipinski definition) is 1. The molecule has 0 radical (unpaired) electrons. The molecular weight excluding hydrogens is 300 g/mol. The molecule has 136 valence electrons. The molecule has 1 aliphatic carbocycles. The summed E-state index contributed by atoms with van der Waals surface area (Å²) in [4.78, 5) is 11.0. The Hall–Kier alpha value is -1.27. The average Bonchev–Trinajstić information content (AvgIpc) is 3.32. The highest BCUT2D eigenvalue weighted by atomic mass is 16.5. The van der Waals surface area contributed by atoms with Crippen molar-refractivity contribution in [1.29, 1.82) is 0 Å². The predicted molar refractivity (Wildman–Crippen MR) is 98.4 cm³/mol. The van der Waals surface area contributed by atoms with Crippen LogP contribution in [0.1, 0.15) is 77.6 Å². The SMILES string of the molecule is CCCCC[C@@H](O)C#CC[C@H]1C[C@H]1CC/C=C\CCCC(=O)OC. The fourth-order valence-corrected chi connectivity index (χ4v) is 2.89. The topological polar surface area (TPSA) is 46.5 Å². The summed E-state index contributed by atoms with van der Waals surface area (Å²) in [6.45, 7) is 2.17. The van der Waals surface area contributed by atoms with Crippen LogP contribution in [0.2, 0.25) is 0 Å². The van der Waals surface area contributed by atoms with Crippen LogP contribution in [0.25, 0.3) is 0 Å². The van der Waals surface area contributed by atoms with Crippen molar-refractivity contribution in [3.05, 3.63) is 12.2 Å². The molecule has 0 amide bonds. The fourth-order valence-electron chi connectivity index (χ4n) is 2.89. The van der Waals surface area contributed by atoms with Crippen LogP contribution < -0.4 is 0 Å². The Morgan fingerprint density at radius 1 is 1.25 bits per heavy atom. The van der Waals surface area contributed by atoms with Gasteiger partial charge in [-0.1, -0.05) is 37.8 Å². The molecule has 3 heteroatoms. The number of methoxy groups -OCH3 is 1. The summed E-state index contributed by atoms with van der Waals surface area (Å²) in [6, 6.07) is 0. The molecule has 1 aliphatic rings. The molecule has 0 heterocycles. The van der Waals surface area contributed by atoms with Crippen molar-refractivity contribution in [1.82, 2.24) is 0 Å². The Balaban J connectivity index is 1.98. The highest BCUT2D eigenvalue weighted by molar-refractivity contribution is 5.69. The zero-order valence-electron chi connectivity index (χ0n) is 15.4.